The van der Waals surface area contributed by atoms with Crippen LogP contribution in [0.15, 0.2) is 76.6 Å². The monoisotopic (exact) mass is 376 g/mol. The molecule has 1 saturated heterocycles. The zero-order chi connectivity index (χ0) is 19.2. The number of aryl methyl sites for hydroxylation is 1. The van der Waals surface area contributed by atoms with Crippen LogP contribution in [0.3, 0.4) is 0 Å². The Hall–Kier alpha value is -2.59. The molecule has 1 atom stereocenters. The fourth-order valence-corrected chi connectivity index (χ4v) is 3.73. The van der Waals surface area contributed by atoms with Gasteiger partial charge in [0.15, 0.2) is 5.17 Å². The van der Waals surface area contributed by atoms with Gasteiger partial charge < -0.3 is 0 Å². The predicted molar refractivity (Wildman–Crippen MR) is 116 cm³/mol. The molecule has 0 spiro atoms. The molecule has 1 aliphatic rings. The molecule has 0 bridgehead atoms. The highest BCUT2D eigenvalue weighted by molar-refractivity contribution is 8.18. The summed E-state index contributed by atoms with van der Waals surface area (Å²) in [7, 11) is 0. The van der Waals surface area contributed by atoms with E-state index in [1.165, 1.54) is 17.3 Å². The topological polar surface area (TPSA) is 32.7 Å². The zero-order valence-electron chi connectivity index (χ0n) is 15.9. The zero-order valence-corrected chi connectivity index (χ0v) is 16.7. The average molecular weight is 377 g/mol. The van der Waals surface area contributed by atoms with Crippen molar-refractivity contribution < 1.29 is 4.79 Å². The molecule has 1 heterocycles. The lowest BCUT2D eigenvalue weighted by Crippen LogP contribution is -2.36. The second-order valence-corrected chi connectivity index (χ2v) is 7.57. The summed E-state index contributed by atoms with van der Waals surface area (Å²) in [5.41, 5.74) is 3.17. The van der Waals surface area contributed by atoms with Gasteiger partial charge in [-0.2, -0.15) is 0 Å². The molecule has 0 radical (unpaired) electrons. The molecular weight excluding hydrogens is 352 g/mol. The van der Waals surface area contributed by atoms with E-state index in [0.29, 0.717) is 4.91 Å². The Morgan fingerprint density at radius 3 is 2.48 bits per heavy atom. The van der Waals surface area contributed by atoms with E-state index in [4.69, 9.17) is 4.99 Å². The van der Waals surface area contributed by atoms with Crippen molar-refractivity contribution in [2.45, 2.75) is 33.2 Å². The van der Waals surface area contributed by atoms with Crippen molar-refractivity contribution in [2.75, 3.05) is 0 Å². The van der Waals surface area contributed by atoms with E-state index in [1.54, 1.807) is 0 Å². The molecule has 3 rings (SSSR count). The summed E-state index contributed by atoms with van der Waals surface area (Å²) < 4.78 is 0. The molecule has 1 amide bonds. The number of allylic oxidation sites excluding steroid dienone is 2. The third-order valence-electron chi connectivity index (χ3n) is 4.46. The molecule has 2 aromatic rings. The summed E-state index contributed by atoms with van der Waals surface area (Å²) in [6.07, 6.45) is 6.70. The Bertz CT molecular complexity index is 882. The molecule has 2 aromatic carbocycles. The van der Waals surface area contributed by atoms with Gasteiger partial charge in [0.2, 0.25) is 0 Å². The van der Waals surface area contributed by atoms with Crippen LogP contribution >= 0.6 is 11.8 Å². The van der Waals surface area contributed by atoms with Crippen molar-refractivity contribution in [3.63, 3.8) is 0 Å². The van der Waals surface area contributed by atoms with Crippen molar-refractivity contribution >= 4 is 34.6 Å². The molecule has 0 unspecified atom stereocenters. The first-order valence-corrected chi connectivity index (χ1v) is 10.0. The smallest absolute Gasteiger partial charge is 0.266 e. The molecule has 1 fully saturated rings. The number of aliphatic imine (C=N–C) groups is 1. The van der Waals surface area contributed by atoms with Crippen molar-refractivity contribution in [2.24, 2.45) is 4.99 Å². The molecule has 0 N–H and O–H groups in total. The minimum atomic E-state index is 0.0259. The van der Waals surface area contributed by atoms with Crippen LogP contribution < -0.4 is 0 Å². The standard InChI is InChI=1S/C23H24N2OS/c1-4-18(3)25-22(26)21(12-8-11-19-9-6-5-7-10-19)27-23(25)24-20-15-13-17(2)14-16-20/h5-16,18H,4H2,1-3H3/b11-8+,21-12+,24-23?/t18-/m0/s1. The van der Waals surface area contributed by atoms with Gasteiger partial charge in [0.1, 0.15) is 0 Å². The van der Waals surface area contributed by atoms with E-state index >= 15 is 0 Å². The van der Waals surface area contributed by atoms with Gasteiger partial charge in [-0.3, -0.25) is 9.69 Å². The first kappa shape index (κ1) is 19.2. The van der Waals surface area contributed by atoms with Gasteiger partial charge in [-0.15, -0.1) is 0 Å². The molecule has 3 nitrogen and oxygen atoms in total. The van der Waals surface area contributed by atoms with Crippen LogP contribution in [-0.2, 0) is 4.79 Å². The van der Waals surface area contributed by atoms with E-state index in [1.807, 2.05) is 77.7 Å². The number of amides is 1. The summed E-state index contributed by atoms with van der Waals surface area (Å²) in [6, 6.07) is 18.2. The van der Waals surface area contributed by atoms with E-state index in [9.17, 15) is 4.79 Å². The van der Waals surface area contributed by atoms with Crippen LogP contribution in [-0.4, -0.2) is 22.0 Å². The Morgan fingerprint density at radius 1 is 1.11 bits per heavy atom. The van der Waals surface area contributed by atoms with Gasteiger partial charge in [-0.25, -0.2) is 4.99 Å². The molecule has 0 aliphatic carbocycles. The third-order valence-corrected chi connectivity index (χ3v) is 5.46. The number of thioether (sulfide) groups is 1. The Morgan fingerprint density at radius 2 is 1.81 bits per heavy atom. The van der Waals surface area contributed by atoms with Crippen molar-refractivity contribution in [1.82, 2.24) is 4.90 Å². The van der Waals surface area contributed by atoms with Crippen LogP contribution in [0.2, 0.25) is 0 Å². The Kier molecular flexibility index (Phi) is 6.30. The van der Waals surface area contributed by atoms with Crippen LogP contribution in [0.5, 0.6) is 0 Å². The fraction of sp³-hybridized carbons (Fsp3) is 0.217. The Balaban J connectivity index is 1.87. The number of rotatable bonds is 5. The second-order valence-electron chi connectivity index (χ2n) is 6.57. The molecule has 27 heavy (non-hydrogen) atoms. The lowest BCUT2D eigenvalue weighted by molar-refractivity contribution is -0.123. The SMILES string of the molecule is CC[C@H](C)N1C(=O)/C(=C\C=C\c2ccccc2)SC1=Nc1ccc(C)cc1. The van der Waals surface area contributed by atoms with Crippen molar-refractivity contribution in [3.05, 3.63) is 82.8 Å². The molecule has 1 aliphatic heterocycles. The summed E-state index contributed by atoms with van der Waals surface area (Å²) in [6.45, 7) is 6.20. The highest BCUT2D eigenvalue weighted by atomic mass is 32.2. The number of hydrogen-bond donors (Lipinski definition) is 0. The van der Waals surface area contributed by atoms with Gasteiger partial charge in [0.05, 0.1) is 10.6 Å². The summed E-state index contributed by atoms with van der Waals surface area (Å²) >= 11 is 1.44. The first-order chi connectivity index (χ1) is 13.1. The number of hydrogen-bond acceptors (Lipinski definition) is 3. The van der Waals surface area contributed by atoms with E-state index in [-0.39, 0.29) is 11.9 Å². The number of carbonyl (C=O) groups is 1. The normalized spacial score (nSPS) is 18.8. The first-order valence-electron chi connectivity index (χ1n) is 9.18. The predicted octanol–water partition coefficient (Wildman–Crippen LogP) is 5.95. The van der Waals surface area contributed by atoms with Crippen LogP contribution in [0.1, 0.15) is 31.4 Å². The maximum atomic E-state index is 12.9. The number of carbonyl (C=O) groups excluding carboxylic acids is 1. The minimum absolute atomic E-state index is 0.0259. The van der Waals surface area contributed by atoms with Crippen molar-refractivity contribution in [3.8, 4) is 0 Å². The lowest BCUT2D eigenvalue weighted by Gasteiger charge is -2.22. The average Bonchev–Trinajstić information content (AvgIpc) is 2.99. The third kappa shape index (κ3) is 4.77. The minimum Gasteiger partial charge on any atom is -0.284 e. The number of nitrogens with zero attached hydrogens (tertiary/aromatic N) is 2. The summed E-state index contributed by atoms with van der Waals surface area (Å²) in [5, 5.41) is 0.748. The highest BCUT2D eigenvalue weighted by Crippen LogP contribution is 2.34. The van der Waals surface area contributed by atoms with E-state index in [0.717, 1.165) is 22.8 Å². The summed E-state index contributed by atoms with van der Waals surface area (Å²) in [4.78, 5) is 20.2. The maximum Gasteiger partial charge on any atom is 0.266 e. The van der Waals surface area contributed by atoms with Gasteiger partial charge >= 0.3 is 0 Å². The van der Waals surface area contributed by atoms with Gasteiger partial charge in [0, 0.05) is 6.04 Å². The van der Waals surface area contributed by atoms with E-state index < -0.39 is 0 Å². The Labute approximate surface area is 165 Å². The largest absolute Gasteiger partial charge is 0.284 e. The van der Waals surface area contributed by atoms with Crippen LogP contribution in [0.4, 0.5) is 5.69 Å². The molecule has 4 heteroatoms. The lowest BCUT2D eigenvalue weighted by atomic mass is 10.2. The highest BCUT2D eigenvalue weighted by Gasteiger charge is 2.35. The molecular formula is C23H24N2OS. The van der Waals surface area contributed by atoms with Crippen molar-refractivity contribution in [1.29, 1.82) is 0 Å². The second kappa shape index (κ2) is 8.87. The van der Waals surface area contributed by atoms with E-state index in [2.05, 4.69) is 20.8 Å². The summed E-state index contributed by atoms with van der Waals surface area (Å²) in [5.74, 6) is 0.0259. The molecule has 0 aromatic heterocycles. The van der Waals surface area contributed by atoms with Gasteiger partial charge in [-0.05, 0) is 55.8 Å². The van der Waals surface area contributed by atoms with Gasteiger partial charge in [0.25, 0.3) is 5.91 Å². The number of benzene rings is 2. The van der Waals surface area contributed by atoms with Crippen LogP contribution in [0.25, 0.3) is 6.08 Å². The maximum absolute atomic E-state index is 12.9. The fourth-order valence-electron chi connectivity index (χ4n) is 2.69. The molecule has 0 saturated carbocycles. The van der Waals surface area contributed by atoms with Crippen LogP contribution in [0, 0.1) is 6.92 Å². The number of amidine groups is 1. The van der Waals surface area contributed by atoms with Gasteiger partial charge in [-0.1, -0.05) is 67.1 Å². The molecule has 138 valence electrons. The quantitative estimate of drug-likeness (QED) is 0.604.